The Morgan fingerprint density at radius 1 is 1.25 bits per heavy atom. The number of nitrogens with two attached hydrogens (primary N) is 1. The summed E-state index contributed by atoms with van der Waals surface area (Å²) >= 11 is 3.48. The van der Waals surface area contributed by atoms with Gasteiger partial charge in [0.1, 0.15) is 11.5 Å². The van der Waals surface area contributed by atoms with Crippen LogP contribution < -0.4 is 5.73 Å². The molecule has 2 aromatic heterocycles. The van der Waals surface area contributed by atoms with Crippen molar-refractivity contribution in [2.24, 2.45) is 5.92 Å². The van der Waals surface area contributed by atoms with Crippen LogP contribution in [0.25, 0.3) is 11.5 Å². The monoisotopic (exact) mass is 334 g/mol. The van der Waals surface area contributed by atoms with E-state index in [1.54, 1.807) is 0 Å². The minimum absolute atomic E-state index is 0.465. The van der Waals surface area contributed by atoms with Crippen molar-refractivity contribution < 1.29 is 0 Å². The Kier molecular flexibility index (Phi) is 4.38. The van der Waals surface area contributed by atoms with Crippen molar-refractivity contribution in [3.8, 4) is 11.5 Å². The van der Waals surface area contributed by atoms with Crippen molar-refractivity contribution in [3.63, 3.8) is 0 Å². The number of hydrogen-bond acceptors (Lipinski definition) is 4. The van der Waals surface area contributed by atoms with E-state index in [0.29, 0.717) is 17.6 Å². The summed E-state index contributed by atoms with van der Waals surface area (Å²) in [6.07, 6.45) is 2.68. The van der Waals surface area contributed by atoms with Gasteiger partial charge in [-0.3, -0.25) is 4.98 Å². The number of pyridine rings is 1. The zero-order valence-electron chi connectivity index (χ0n) is 12.2. The highest BCUT2D eigenvalue weighted by molar-refractivity contribution is 9.10. The Labute approximate surface area is 128 Å². The van der Waals surface area contributed by atoms with E-state index in [2.05, 4.69) is 50.8 Å². The molecule has 106 valence electrons. The predicted molar refractivity (Wildman–Crippen MR) is 85.4 cm³/mol. The molecule has 20 heavy (non-hydrogen) atoms. The largest absolute Gasteiger partial charge is 0.383 e. The van der Waals surface area contributed by atoms with E-state index in [1.807, 2.05) is 20.0 Å². The lowest BCUT2D eigenvalue weighted by Crippen LogP contribution is -2.07. The van der Waals surface area contributed by atoms with Gasteiger partial charge >= 0.3 is 0 Å². The van der Waals surface area contributed by atoms with E-state index in [9.17, 15) is 0 Å². The van der Waals surface area contributed by atoms with E-state index in [0.717, 1.165) is 33.4 Å². The second-order valence-electron chi connectivity index (χ2n) is 5.47. The Balaban J connectivity index is 2.54. The van der Waals surface area contributed by atoms with E-state index < -0.39 is 0 Å². The van der Waals surface area contributed by atoms with E-state index >= 15 is 0 Å². The van der Waals surface area contributed by atoms with Crippen LogP contribution in [-0.4, -0.2) is 15.0 Å². The van der Waals surface area contributed by atoms with E-state index in [4.69, 9.17) is 5.73 Å². The molecule has 0 unspecified atom stereocenters. The number of aryl methyl sites for hydroxylation is 2. The summed E-state index contributed by atoms with van der Waals surface area (Å²) in [5.41, 5.74) is 9.90. The third kappa shape index (κ3) is 3.15. The van der Waals surface area contributed by atoms with Gasteiger partial charge in [-0.2, -0.15) is 0 Å². The maximum Gasteiger partial charge on any atom is 0.180 e. The lowest BCUT2D eigenvalue weighted by atomic mass is 10.1. The van der Waals surface area contributed by atoms with E-state index in [-0.39, 0.29) is 0 Å². The average molecular weight is 335 g/mol. The highest BCUT2D eigenvalue weighted by Crippen LogP contribution is 2.27. The molecule has 0 aromatic carbocycles. The minimum Gasteiger partial charge on any atom is -0.383 e. The lowest BCUT2D eigenvalue weighted by Gasteiger charge is -2.11. The zero-order chi connectivity index (χ0) is 14.9. The SMILES string of the molecule is Cc1cnc(-c2nc(N)c(Br)c(CC(C)C)n2)c(C)c1. The normalized spacial score (nSPS) is 11.1. The van der Waals surface area contributed by atoms with Crippen LogP contribution in [0.3, 0.4) is 0 Å². The molecule has 0 atom stereocenters. The molecule has 0 aliphatic heterocycles. The van der Waals surface area contributed by atoms with Gasteiger partial charge in [0.15, 0.2) is 5.82 Å². The van der Waals surface area contributed by atoms with Crippen molar-refractivity contribution in [3.05, 3.63) is 33.6 Å². The topological polar surface area (TPSA) is 64.7 Å². The zero-order valence-corrected chi connectivity index (χ0v) is 13.8. The first kappa shape index (κ1) is 14.9. The third-order valence-electron chi connectivity index (χ3n) is 2.97. The number of hydrogen-bond donors (Lipinski definition) is 1. The molecule has 0 spiro atoms. The fourth-order valence-corrected chi connectivity index (χ4v) is 2.43. The Bertz CT molecular complexity index is 638. The van der Waals surface area contributed by atoms with Crippen LogP contribution in [0.5, 0.6) is 0 Å². The van der Waals surface area contributed by atoms with Crippen LogP contribution in [0.2, 0.25) is 0 Å². The molecule has 2 aromatic rings. The quantitative estimate of drug-likeness (QED) is 0.929. The first-order valence-corrected chi connectivity index (χ1v) is 7.43. The summed E-state index contributed by atoms with van der Waals surface area (Å²) in [5.74, 6) is 1.56. The molecule has 2 N–H and O–H groups in total. The number of nitrogen functional groups attached to an aromatic ring is 1. The number of halogens is 1. The van der Waals surface area contributed by atoms with Crippen LogP contribution >= 0.6 is 15.9 Å². The number of nitrogens with zero attached hydrogens (tertiary/aromatic N) is 3. The van der Waals surface area contributed by atoms with Gasteiger partial charge < -0.3 is 5.73 Å². The van der Waals surface area contributed by atoms with Crippen molar-refractivity contribution in [2.45, 2.75) is 34.1 Å². The molecule has 0 radical (unpaired) electrons. The van der Waals surface area contributed by atoms with Gasteiger partial charge in [-0.25, -0.2) is 9.97 Å². The fraction of sp³-hybridized carbons (Fsp3) is 0.400. The summed E-state index contributed by atoms with van der Waals surface area (Å²) in [6.45, 7) is 8.34. The fourth-order valence-electron chi connectivity index (χ4n) is 2.09. The van der Waals surface area contributed by atoms with Gasteiger partial charge in [0, 0.05) is 6.20 Å². The minimum atomic E-state index is 0.465. The van der Waals surface area contributed by atoms with Crippen LogP contribution in [-0.2, 0) is 6.42 Å². The first-order valence-electron chi connectivity index (χ1n) is 6.64. The van der Waals surface area contributed by atoms with Crippen molar-refractivity contribution >= 4 is 21.7 Å². The predicted octanol–water partition coefficient (Wildman–Crippen LogP) is 3.70. The van der Waals surface area contributed by atoms with Gasteiger partial charge in [-0.05, 0) is 53.2 Å². The van der Waals surface area contributed by atoms with Crippen molar-refractivity contribution in [1.29, 1.82) is 0 Å². The molecule has 0 saturated heterocycles. The molecule has 5 heteroatoms. The molecular formula is C15H19BrN4. The van der Waals surface area contributed by atoms with Gasteiger partial charge in [0.2, 0.25) is 0 Å². The van der Waals surface area contributed by atoms with Gasteiger partial charge in [0.05, 0.1) is 10.2 Å². The maximum absolute atomic E-state index is 5.99. The number of rotatable bonds is 3. The number of anilines is 1. The van der Waals surface area contributed by atoms with Crippen LogP contribution in [0.4, 0.5) is 5.82 Å². The van der Waals surface area contributed by atoms with Gasteiger partial charge in [-0.1, -0.05) is 19.9 Å². The highest BCUT2D eigenvalue weighted by Gasteiger charge is 2.14. The van der Waals surface area contributed by atoms with Crippen molar-refractivity contribution in [1.82, 2.24) is 15.0 Å². The van der Waals surface area contributed by atoms with Gasteiger partial charge in [0.25, 0.3) is 0 Å². The van der Waals surface area contributed by atoms with E-state index in [1.165, 1.54) is 0 Å². The van der Waals surface area contributed by atoms with Crippen molar-refractivity contribution in [2.75, 3.05) is 5.73 Å². The molecule has 0 bridgehead atoms. The summed E-state index contributed by atoms with van der Waals surface area (Å²) in [4.78, 5) is 13.4. The summed E-state index contributed by atoms with van der Waals surface area (Å²) in [7, 11) is 0. The molecule has 0 fully saturated rings. The third-order valence-corrected chi connectivity index (χ3v) is 3.84. The standard InChI is InChI=1S/C15H19BrN4/c1-8(2)5-11-12(16)14(17)20-15(19-11)13-10(4)6-9(3)7-18-13/h6-8H,5H2,1-4H3,(H2,17,19,20). The average Bonchev–Trinajstić information content (AvgIpc) is 2.34. The van der Waals surface area contributed by atoms with Crippen LogP contribution in [0, 0.1) is 19.8 Å². The molecular weight excluding hydrogens is 316 g/mol. The van der Waals surface area contributed by atoms with Crippen LogP contribution in [0.1, 0.15) is 30.7 Å². The molecule has 0 amide bonds. The second-order valence-corrected chi connectivity index (χ2v) is 6.26. The molecule has 4 nitrogen and oxygen atoms in total. The van der Waals surface area contributed by atoms with Crippen LogP contribution in [0.15, 0.2) is 16.7 Å². The second kappa shape index (κ2) is 5.87. The Morgan fingerprint density at radius 3 is 2.55 bits per heavy atom. The lowest BCUT2D eigenvalue weighted by molar-refractivity contribution is 0.632. The summed E-state index contributed by atoms with van der Waals surface area (Å²) in [6, 6.07) is 2.08. The highest BCUT2D eigenvalue weighted by atomic mass is 79.9. The maximum atomic E-state index is 5.99. The smallest absolute Gasteiger partial charge is 0.180 e. The van der Waals surface area contributed by atoms with Gasteiger partial charge in [-0.15, -0.1) is 0 Å². The Hall–Kier alpha value is -1.49. The molecule has 0 saturated carbocycles. The summed E-state index contributed by atoms with van der Waals surface area (Å²) < 4.78 is 0.791. The molecule has 0 aliphatic carbocycles. The molecule has 2 heterocycles. The summed E-state index contributed by atoms with van der Waals surface area (Å²) in [5, 5.41) is 0. The number of aromatic nitrogens is 3. The molecule has 2 rings (SSSR count). The Morgan fingerprint density at radius 2 is 1.95 bits per heavy atom. The first-order chi connectivity index (χ1) is 9.38. The molecule has 0 aliphatic rings.